The predicted molar refractivity (Wildman–Crippen MR) is 44.9 cm³/mol. The topological polar surface area (TPSA) is 70.0 Å². The van der Waals surface area contributed by atoms with Gasteiger partial charge in [-0.2, -0.15) is 5.26 Å². The fourth-order valence-corrected chi connectivity index (χ4v) is 1.00. The summed E-state index contributed by atoms with van der Waals surface area (Å²) in [4.78, 5) is 0. The third-order valence-electron chi connectivity index (χ3n) is 1.24. The minimum atomic E-state index is -0.0615. The number of halogens is 1. The van der Waals surface area contributed by atoms with Gasteiger partial charge in [0, 0.05) is 10.2 Å². The second kappa shape index (κ2) is 2.81. The molecule has 1 aromatic carbocycles. The van der Waals surface area contributed by atoms with E-state index in [0.717, 1.165) is 0 Å². The van der Waals surface area contributed by atoms with Gasteiger partial charge in [-0.05, 0) is 28.1 Å². The summed E-state index contributed by atoms with van der Waals surface area (Å²) in [5.74, 6) is -0.0615. The summed E-state index contributed by atoms with van der Waals surface area (Å²) < 4.78 is 0.592. The van der Waals surface area contributed by atoms with Crippen molar-refractivity contribution in [3.05, 3.63) is 22.2 Å². The number of hydrogen-bond acceptors (Lipinski definition) is 3. The monoisotopic (exact) mass is 212 g/mol. The number of nitrogen functional groups attached to an aromatic ring is 1. The van der Waals surface area contributed by atoms with Crippen molar-refractivity contribution in [2.24, 2.45) is 0 Å². The minimum Gasteiger partial charge on any atom is -0.507 e. The van der Waals surface area contributed by atoms with Crippen molar-refractivity contribution in [1.29, 1.82) is 5.26 Å². The number of hydrogen-bond donors (Lipinski definition) is 2. The number of nitrogens with two attached hydrogens (primary N) is 1. The molecule has 4 heteroatoms. The summed E-state index contributed by atoms with van der Waals surface area (Å²) in [7, 11) is 0. The maximum absolute atomic E-state index is 9.11. The molecule has 0 atom stereocenters. The first kappa shape index (κ1) is 7.89. The smallest absolute Gasteiger partial charge is 0.134 e. The van der Waals surface area contributed by atoms with Gasteiger partial charge in [-0.1, -0.05) is 0 Å². The van der Waals surface area contributed by atoms with Crippen LogP contribution in [0.1, 0.15) is 5.56 Å². The zero-order valence-electron chi connectivity index (χ0n) is 5.50. The summed E-state index contributed by atoms with van der Waals surface area (Å²) in [6.45, 7) is 0. The van der Waals surface area contributed by atoms with Gasteiger partial charge in [0.05, 0.1) is 5.56 Å². The Hall–Kier alpha value is -1.21. The molecule has 0 aliphatic carbocycles. The van der Waals surface area contributed by atoms with Crippen LogP contribution < -0.4 is 5.73 Å². The number of benzene rings is 1. The van der Waals surface area contributed by atoms with Crippen LogP contribution in [-0.4, -0.2) is 5.11 Å². The highest BCUT2D eigenvalue weighted by Gasteiger charge is 2.03. The van der Waals surface area contributed by atoms with Gasteiger partial charge in [0.2, 0.25) is 0 Å². The third-order valence-corrected chi connectivity index (χ3v) is 1.92. The Morgan fingerprint density at radius 1 is 1.55 bits per heavy atom. The van der Waals surface area contributed by atoms with Crippen LogP contribution in [0.15, 0.2) is 16.6 Å². The summed E-state index contributed by atoms with van der Waals surface area (Å²) >= 11 is 3.11. The molecule has 0 saturated carbocycles. The quantitative estimate of drug-likeness (QED) is 0.508. The van der Waals surface area contributed by atoms with Crippen molar-refractivity contribution in [2.45, 2.75) is 0 Å². The van der Waals surface area contributed by atoms with Gasteiger partial charge in [-0.25, -0.2) is 0 Å². The largest absolute Gasteiger partial charge is 0.507 e. The van der Waals surface area contributed by atoms with E-state index in [1.165, 1.54) is 12.1 Å². The molecule has 0 fully saturated rings. The lowest BCUT2D eigenvalue weighted by Gasteiger charge is -1.99. The Bertz CT molecular complexity index is 330. The predicted octanol–water partition coefficient (Wildman–Crippen LogP) is 1.61. The number of nitriles is 1. The number of phenolic OH excluding ortho intramolecular Hbond substituents is 1. The van der Waals surface area contributed by atoms with Gasteiger partial charge in [-0.15, -0.1) is 0 Å². The molecule has 0 amide bonds. The SMILES string of the molecule is N#Cc1cc(N)c(Br)cc1O. The molecule has 1 rings (SSSR count). The van der Waals surface area contributed by atoms with Crippen LogP contribution in [0.2, 0.25) is 0 Å². The molecule has 0 bridgehead atoms. The van der Waals surface area contributed by atoms with Gasteiger partial charge in [0.25, 0.3) is 0 Å². The molecular formula is C7H5BrN2O. The van der Waals surface area contributed by atoms with E-state index in [4.69, 9.17) is 16.1 Å². The number of aromatic hydroxyl groups is 1. The van der Waals surface area contributed by atoms with Crippen molar-refractivity contribution in [1.82, 2.24) is 0 Å². The molecule has 0 heterocycles. The van der Waals surface area contributed by atoms with Crippen molar-refractivity contribution in [3.8, 4) is 11.8 Å². The standard InChI is InChI=1S/C7H5BrN2O/c8-5-2-7(11)4(3-9)1-6(5)10/h1-2,11H,10H2. The zero-order valence-corrected chi connectivity index (χ0v) is 7.09. The van der Waals surface area contributed by atoms with Crippen LogP contribution in [0.5, 0.6) is 5.75 Å². The van der Waals surface area contributed by atoms with E-state index in [-0.39, 0.29) is 11.3 Å². The number of rotatable bonds is 0. The molecule has 0 spiro atoms. The Morgan fingerprint density at radius 2 is 2.18 bits per heavy atom. The lowest BCUT2D eigenvalue weighted by Crippen LogP contribution is -1.87. The second-order valence-electron chi connectivity index (χ2n) is 2.00. The van der Waals surface area contributed by atoms with Crippen molar-refractivity contribution in [2.75, 3.05) is 5.73 Å². The van der Waals surface area contributed by atoms with Crippen molar-refractivity contribution in [3.63, 3.8) is 0 Å². The Morgan fingerprint density at radius 3 is 2.73 bits per heavy atom. The van der Waals surface area contributed by atoms with Gasteiger partial charge in [-0.3, -0.25) is 0 Å². The summed E-state index contributed by atoms with van der Waals surface area (Å²) in [6, 6.07) is 4.63. The van der Waals surface area contributed by atoms with Gasteiger partial charge in [0.1, 0.15) is 11.8 Å². The maximum atomic E-state index is 9.11. The molecule has 0 aromatic heterocycles. The van der Waals surface area contributed by atoms with Crippen molar-refractivity contribution >= 4 is 21.6 Å². The van der Waals surface area contributed by atoms with E-state index < -0.39 is 0 Å². The van der Waals surface area contributed by atoms with Crippen LogP contribution in [0.4, 0.5) is 5.69 Å². The second-order valence-corrected chi connectivity index (χ2v) is 2.86. The van der Waals surface area contributed by atoms with Gasteiger partial charge < -0.3 is 10.8 Å². The third kappa shape index (κ3) is 1.44. The highest BCUT2D eigenvalue weighted by atomic mass is 79.9. The number of nitrogens with zero attached hydrogens (tertiary/aromatic N) is 1. The first-order chi connectivity index (χ1) is 5.15. The van der Waals surface area contributed by atoms with Crippen LogP contribution in [-0.2, 0) is 0 Å². The summed E-state index contributed by atoms with van der Waals surface area (Å²) in [6.07, 6.45) is 0. The number of phenols is 1. The first-order valence-corrected chi connectivity index (χ1v) is 3.62. The molecule has 3 N–H and O–H groups in total. The Kier molecular flexibility index (Phi) is 2.01. The summed E-state index contributed by atoms with van der Waals surface area (Å²) in [5.41, 5.74) is 6.09. The molecule has 0 unspecified atom stereocenters. The Labute approximate surface area is 72.2 Å². The summed E-state index contributed by atoms with van der Waals surface area (Å²) in [5, 5.41) is 17.6. The Balaban J connectivity index is 3.35. The molecule has 0 aliphatic rings. The fourth-order valence-electron chi connectivity index (χ4n) is 0.669. The molecule has 1 aromatic rings. The fraction of sp³-hybridized carbons (Fsp3) is 0. The van der Waals surface area contributed by atoms with Gasteiger partial charge >= 0.3 is 0 Å². The van der Waals surface area contributed by atoms with E-state index in [1.54, 1.807) is 0 Å². The highest BCUT2D eigenvalue weighted by molar-refractivity contribution is 9.10. The lowest BCUT2D eigenvalue weighted by molar-refractivity contribution is 0.473. The van der Waals surface area contributed by atoms with E-state index >= 15 is 0 Å². The van der Waals surface area contributed by atoms with Crippen LogP contribution in [0, 0.1) is 11.3 Å². The first-order valence-electron chi connectivity index (χ1n) is 2.83. The van der Waals surface area contributed by atoms with E-state index in [2.05, 4.69) is 15.9 Å². The zero-order chi connectivity index (χ0) is 8.43. The van der Waals surface area contributed by atoms with Crippen LogP contribution >= 0.6 is 15.9 Å². The highest BCUT2D eigenvalue weighted by Crippen LogP contribution is 2.27. The normalized spacial score (nSPS) is 9.09. The molecule has 0 aliphatic heterocycles. The molecule has 56 valence electrons. The van der Waals surface area contributed by atoms with E-state index in [9.17, 15) is 0 Å². The molecule has 0 radical (unpaired) electrons. The maximum Gasteiger partial charge on any atom is 0.134 e. The number of anilines is 1. The van der Waals surface area contributed by atoms with E-state index in [0.29, 0.717) is 10.2 Å². The van der Waals surface area contributed by atoms with Crippen LogP contribution in [0.25, 0.3) is 0 Å². The molecule has 0 saturated heterocycles. The molecule has 3 nitrogen and oxygen atoms in total. The van der Waals surface area contributed by atoms with Crippen molar-refractivity contribution < 1.29 is 5.11 Å². The average molecular weight is 213 g/mol. The molecular weight excluding hydrogens is 208 g/mol. The van der Waals surface area contributed by atoms with Crippen LogP contribution in [0.3, 0.4) is 0 Å². The lowest BCUT2D eigenvalue weighted by atomic mass is 10.2. The average Bonchev–Trinajstić information content (AvgIpc) is 1.97. The van der Waals surface area contributed by atoms with E-state index in [1.807, 2.05) is 6.07 Å². The minimum absolute atomic E-state index is 0.0615. The molecule has 11 heavy (non-hydrogen) atoms. The van der Waals surface area contributed by atoms with Gasteiger partial charge in [0.15, 0.2) is 0 Å².